The molecule has 8 heteroatoms. The van der Waals surface area contributed by atoms with E-state index in [2.05, 4.69) is 5.32 Å². The number of methoxy groups -OCH3 is 1. The molecule has 0 spiro atoms. The second kappa shape index (κ2) is 9.62. The molecule has 2 aromatic carbocycles. The highest BCUT2D eigenvalue weighted by molar-refractivity contribution is 7.13. The number of benzene rings is 2. The maximum absolute atomic E-state index is 13.8. The highest BCUT2D eigenvalue weighted by Crippen LogP contribution is 2.33. The van der Waals surface area contributed by atoms with Crippen molar-refractivity contribution < 1.29 is 14.3 Å². The van der Waals surface area contributed by atoms with Crippen LogP contribution in [0.1, 0.15) is 34.1 Å². The van der Waals surface area contributed by atoms with Crippen LogP contribution >= 0.6 is 11.3 Å². The van der Waals surface area contributed by atoms with Crippen molar-refractivity contribution >= 4 is 23.2 Å². The number of aromatic nitrogens is 2. The van der Waals surface area contributed by atoms with Crippen LogP contribution in [0.4, 0.5) is 0 Å². The van der Waals surface area contributed by atoms with Crippen LogP contribution < -0.4 is 10.1 Å². The van der Waals surface area contributed by atoms with Gasteiger partial charge in [-0.1, -0.05) is 48.0 Å². The molecule has 7 nitrogen and oxygen atoms in total. The average molecular weight is 501 g/mol. The standard InChI is InChI=1S/C28H28N4O3S/c1-19-9-11-20(12-10-19)16-29-27(34)28(2)18-32-24(15-23(30-32)25-8-5-13-36-25)26(33)31(28)17-21-6-4-7-22(14-21)35-3/h4-15H,16-18H2,1-3H3,(H,29,34). The fourth-order valence-corrected chi connectivity index (χ4v) is 5.15. The van der Waals surface area contributed by atoms with Crippen LogP contribution in [0.5, 0.6) is 5.75 Å². The number of carbonyl (C=O) groups is 2. The molecule has 2 aromatic heterocycles. The lowest BCUT2D eigenvalue weighted by Gasteiger charge is -2.43. The van der Waals surface area contributed by atoms with E-state index in [9.17, 15) is 9.59 Å². The molecule has 4 aromatic rings. The molecule has 0 fully saturated rings. The van der Waals surface area contributed by atoms with Gasteiger partial charge in [0, 0.05) is 13.1 Å². The molecule has 5 rings (SSSR count). The van der Waals surface area contributed by atoms with Gasteiger partial charge in [-0.3, -0.25) is 14.3 Å². The van der Waals surface area contributed by atoms with Crippen molar-refractivity contribution in [3.05, 3.63) is 94.5 Å². The minimum Gasteiger partial charge on any atom is -0.497 e. The molecule has 184 valence electrons. The lowest BCUT2D eigenvalue weighted by atomic mass is 9.94. The molecule has 1 N–H and O–H groups in total. The average Bonchev–Trinajstić information content (AvgIpc) is 3.56. The number of ether oxygens (including phenoxy) is 1. The van der Waals surface area contributed by atoms with Gasteiger partial charge < -0.3 is 15.0 Å². The van der Waals surface area contributed by atoms with Crippen molar-refractivity contribution in [3.63, 3.8) is 0 Å². The van der Waals surface area contributed by atoms with E-state index in [1.165, 1.54) is 0 Å². The zero-order valence-electron chi connectivity index (χ0n) is 20.5. The van der Waals surface area contributed by atoms with Crippen LogP contribution in [0.2, 0.25) is 0 Å². The highest BCUT2D eigenvalue weighted by Gasteiger charge is 2.48. The van der Waals surface area contributed by atoms with Gasteiger partial charge in [0.05, 0.1) is 18.5 Å². The number of hydrogen-bond acceptors (Lipinski definition) is 5. The zero-order valence-corrected chi connectivity index (χ0v) is 21.3. The van der Waals surface area contributed by atoms with E-state index < -0.39 is 5.54 Å². The second-order valence-corrected chi connectivity index (χ2v) is 10.2. The lowest BCUT2D eigenvalue weighted by Crippen LogP contribution is -2.63. The van der Waals surface area contributed by atoms with Crippen LogP contribution in [0.15, 0.2) is 72.1 Å². The van der Waals surface area contributed by atoms with Crippen LogP contribution in [0.25, 0.3) is 10.6 Å². The molecule has 0 saturated carbocycles. The van der Waals surface area contributed by atoms with E-state index in [0.717, 1.165) is 27.3 Å². The normalized spacial score (nSPS) is 17.1. The van der Waals surface area contributed by atoms with Crippen molar-refractivity contribution in [2.24, 2.45) is 0 Å². The van der Waals surface area contributed by atoms with Crippen molar-refractivity contribution in [1.82, 2.24) is 20.0 Å². The Hall–Kier alpha value is -3.91. The van der Waals surface area contributed by atoms with Crippen LogP contribution in [-0.2, 0) is 24.4 Å². The fraction of sp³-hybridized carbons (Fsp3) is 0.250. The summed E-state index contributed by atoms with van der Waals surface area (Å²) in [6.07, 6.45) is 0. The van der Waals surface area contributed by atoms with Gasteiger partial charge in [0.1, 0.15) is 22.7 Å². The molecular formula is C28H28N4O3S. The first kappa shape index (κ1) is 23.8. The molecule has 1 aliphatic heterocycles. The topological polar surface area (TPSA) is 76.5 Å². The molecule has 3 heterocycles. The first-order valence-electron chi connectivity index (χ1n) is 11.8. The summed E-state index contributed by atoms with van der Waals surface area (Å²) in [6, 6.07) is 21.3. The first-order chi connectivity index (χ1) is 17.4. The number of rotatable bonds is 7. The van der Waals surface area contributed by atoms with E-state index in [0.29, 0.717) is 18.0 Å². The summed E-state index contributed by atoms with van der Waals surface area (Å²) in [5, 5.41) is 9.73. The number of hydrogen-bond donors (Lipinski definition) is 1. The molecule has 36 heavy (non-hydrogen) atoms. The van der Waals surface area contributed by atoms with Crippen molar-refractivity contribution in [2.75, 3.05) is 7.11 Å². The number of nitrogens with one attached hydrogen (secondary N) is 1. The predicted molar refractivity (Wildman–Crippen MR) is 140 cm³/mol. The number of thiophene rings is 1. The molecule has 0 saturated heterocycles. The summed E-state index contributed by atoms with van der Waals surface area (Å²) in [6.45, 7) is 4.74. The molecule has 0 aliphatic carbocycles. The van der Waals surface area contributed by atoms with Crippen LogP contribution in [0.3, 0.4) is 0 Å². The maximum atomic E-state index is 13.8. The van der Waals surface area contributed by atoms with Gasteiger partial charge in [0.15, 0.2) is 0 Å². The van der Waals surface area contributed by atoms with E-state index >= 15 is 0 Å². The Morgan fingerprint density at radius 3 is 2.64 bits per heavy atom. The van der Waals surface area contributed by atoms with Gasteiger partial charge in [-0.05, 0) is 54.6 Å². The Morgan fingerprint density at radius 2 is 1.92 bits per heavy atom. The monoisotopic (exact) mass is 500 g/mol. The van der Waals surface area contributed by atoms with Gasteiger partial charge in [0.25, 0.3) is 5.91 Å². The number of nitrogens with zero attached hydrogens (tertiary/aromatic N) is 3. The van der Waals surface area contributed by atoms with E-state index in [-0.39, 0.29) is 24.9 Å². The third-order valence-electron chi connectivity index (χ3n) is 6.61. The molecule has 1 aliphatic rings. The number of fused-ring (bicyclic) bond motifs is 1. The summed E-state index contributed by atoms with van der Waals surface area (Å²) in [5.41, 5.74) is 3.11. The Morgan fingerprint density at radius 1 is 1.11 bits per heavy atom. The smallest absolute Gasteiger partial charge is 0.273 e. The predicted octanol–water partition coefficient (Wildman–Crippen LogP) is 4.66. The molecule has 1 unspecified atom stereocenters. The first-order valence-corrected chi connectivity index (χ1v) is 12.7. The zero-order chi connectivity index (χ0) is 25.3. The Balaban J connectivity index is 1.48. The Labute approximate surface area is 214 Å². The largest absolute Gasteiger partial charge is 0.497 e. The second-order valence-electron chi connectivity index (χ2n) is 9.23. The van der Waals surface area contributed by atoms with E-state index in [1.54, 1.807) is 28.0 Å². The highest BCUT2D eigenvalue weighted by atomic mass is 32.1. The Bertz CT molecular complexity index is 1390. The summed E-state index contributed by atoms with van der Waals surface area (Å²) in [5.74, 6) is 0.248. The van der Waals surface area contributed by atoms with Crippen molar-refractivity contribution in [2.45, 2.75) is 39.0 Å². The molecule has 0 bridgehead atoms. The molecule has 2 amide bonds. The Kier molecular flexibility index (Phi) is 6.36. The lowest BCUT2D eigenvalue weighted by molar-refractivity contribution is -0.133. The number of carbonyl (C=O) groups excluding carboxylic acids is 2. The summed E-state index contributed by atoms with van der Waals surface area (Å²) >= 11 is 1.57. The van der Waals surface area contributed by atoms with Gasteiger partial charge in [0.2, 0.25) is 5.91 Å². The van der Waals surface area contributed by atoms with Crippen LogP contribution in [0, 0.1) is 6.92 Å². The van der Waals surface area contributed by atoms with Gasteiger partial charge in [-0.2, -0.15) is 5.10 Å². The third kappa shape index (κ3) is 4.52. The fourth-order valence-electron chi connectivity index (χ4n) is 4.47. The summed E-state index contributed by atoms with van der Waals surface area (Å²) in [7, 11) is 1.61. The molecular weight excluding hydrogens is 472 g/mol. The molecule has 0 radical (unpaired) electrons. The van der Waals surface area contributed by atoms with Crippen molar-refractivity contribution in [1.29, 1.82) is 0 Å². The summed E-state index contributed by atoms with van der Waals surface area (Å²) in [4.78, 5) is 30.2. The molecule has 1 atom stereocenters. The quantitative estimate of drug-likeness (QED) is 0.401. The number of aryl methyl sites for hydroxylation is 1. The third-order valence-corrected chi connectivity index (χ3v) is 7.50. The maximum Gasteiger partial charge on any atom is 0.273 e. The summed E-state index contributed by atoms with van der Waals surface area (Å²) < 4.78 is 7.04. The SMILES string of the molecule is COc1cccc(CN2C(=O)c3cc(-c4cccs4)nn3CC2(C)C(=O)NCc2ccc(C)cc2)c1. The van der Waals surface area contributed by atoms with Crippen LogP contribution in [-0.4, -0.2) is 39.1 Å². The van der Waals surface area contributed by atoms with Gasteiger partial charge in [-0.25, -0.2) is 0 Å². The van der Waals surface area contributed by atoms with E-state index in [1.807, 2.05) is 86.0 Å². The van der Waals surface area contributed by atoms with E-state index in [4.69, 9.17) is 9.84 Å². The van der Waals surface area contributed by atoms with Gasteiger partial charge >= 0.3 is 0 Å². The number of amides is 2. The minimum atomic E-state index is -1.14. The van der Waals surface area contributed by atoms with Gasteiger partial charge in [-0.15, -0.1) is 11.3 Å². The van der Waals surface area contributed by atoms with Crippen molar-refractivity contribution in [3.8, 4) is 16.3 Å². The minimum absolute atomic E-state index is 0.224.